The molecule has 8 rings (SSSR count). The predicted molar refractivity (Wildman–Crippen MR) is 256 cm³/mol. The maximum absolute atomic E-state index is 13.2. The molecule has 3 heterocycles. The zero-order chi connectivity index (χ0) is 60.6. The minimum atomic E-state index is -4.56. The molecule has 0 aliphatic heterocycles. The van der Waals surface area contributed by atoms with Crippen LogP contribution in [0.25, 0.3) is 34.2 Å². The van der Waals surface area contributed by atoms with Crippen LogP contribution in [0.1, 0.15) is 80.8 Å². The summed E-state index contributed by atoms with van der Waals surface area (Å²) in [7, 11) is 2.67. The van der Waals surface area contributed by atoms with E-state index in [1.807, 2.05) is 0 Å². The fourth-order valence-electron chi connectivity index (χ4n) is 7.39. The van der Waals surface area contributed by atoms with Crippen LogP contribution in [0.3, 0.4) is 0 Å². The third-order valence-electron chi connectivity index (χ3n) is 11.8. The number of nitrogens with zero attached hydrogens (tertiary/aromatic N) is 9. The van der Waals surface area contributed by atoms with E-state index in [-0.39, 0.29) is 56.3 Å². The molecule has 1 atom stereocenters. The van der Waals surface area contributed by atoms with Gasteiger partial charge in [0.2, 0.25) is 35.2 Å². The lowest BCUT2D eigenvalue weighted by molar-refractivity contribution is -0.164. The SMILES string of the molecule is CC(F)(F)c1nc(-c2ccc(CN(C(=O)CC(F)(F)F)C3CC3)cc2)no1.COCC(=O)N(Cc1ccc(-c2noc(C(C)(F)F)n2)cc1)CC(F)(F)F.COCCN(Cc1ccc(-c2noc(C(C)(F)F)n2)cc1)C(=O)C1CC1(F)F. The highest BCUT2D eigenvalue weighted by Gasteiger charge is 2.62. The number of hydrogen-bond acceptors (Lipinski definition) is 14. The van der Waals surface area contributed by atoms with Crippen molar-refractivity contribution in [2.24, 2.45) is 5.92 Å². The molecule has 3 amide bonds. The Bertz CT molecular complexity index is 3060. The largest absolute Gasteiger partial charge is 0.406 e. The average Bonchev–Trinajstić information content (AvgIpc) is 4.20. The van der Waals surface area contributed by atoms with E-state index in [9.17, 15) is 75.8 Å². The molecule has 17 nitrogen and oxygen atoms in total. The Morgan fingerprint density at radius 2 is 0.939 bits per heavy atom. The second kappa shape index (κ2) is 25.7. The molecule has 3 aromatic carbocycles. The Morgan fingerprint density at radius 1 is 0.561 bits per heavy atom. The van der Waals surface area contributed by atoms with Crippen LogP contribution in [0.2, 0.25) is 0 Å². The van der Waals surface area contributed by atoms with Gasteiger partial charge in [-0.25, -0.2) is 8.78 Å². The van der Waals surface area contributed by atoms with Gasteiger partial charge in [0, 0.05) is 90.3 Å². The second-order valence-electron chi connectivity index (χ2n) is 19.1. The molecule has 3 aromatic heterocycles. The maximum atomic E-state index is 13.2. The molecule has 2 fully saturated rings. The third-order valence-corrected chi connectivity index (χ3v) is 11.8. The van der Waals surface area contributed by atoms with Crippen LogP contribution in [0, 0.1) is 5.92 Å². The van der Waals surface area contributed by atoms with Gasteiger partial charge in [0.25, 0.3) is 23.6 Å². The van der Waals surface area contributed by atoms with E-state index in [4.69, 9.17) is 4.74 Å². The smallest absolute Gasteiger partial charge is 0.383 e. The molecule has 0 radical (unpaired) electrons. The number of hydrogen-bond donors (Lipinski definition) is 0. The van der Waals surface area contributed by atoms with E-state index in [0.717, 1.165) is 0 Å². The fourth-order valence-corrected chi connectivity index (χ4v) is 7.39. The fraction of sp³-hybridized carbons (Fsp3) is 0.471. The standard InChI is InChI=1S/C18H19F4N3O3.C17H16F5N3O2.C16H16F5N3O3/c1-17(19,20)16-23-14(24-28-16)12-5-3-11(4-6-12)10-25(7-8-27-2)15(26)13-9-18(13,21)22;1-16(18,19)15-23-14(24-27-15)11-4-2-10(3-5-11)9-25(12-6-7-12)13(26)8-17(20,21)22;1-15(17,18)14-22-13(23-27-14)11-5-3-10(4-6-11)7-24(9-16(19,20)21)12(25)8-26-2/h3-6,13H,7-10H2,1-2H3;2-5,12H,6-9H2,1H3;3-6H,7-9H2,1-2H3. The number of methoxy groups -OCH3 is 2. The lowest BCUT2D eigenvalue weighted by atomic mass is 10.1. The second-order valence-corrected chi connectivity index (χ2v) is 19.1. The van der Waals surface area contributed by atoms with Crippen molar-refractivity contribution >= 4 is 17.7 Å². The lowest BCUT2D eigenvalue weighted by Crippen LogP contribution is -2.40. The summed E-state index contributed by atoms with van der Waals surface area (Å²) in [6.07, 6.45) is -9.67. The van der Waals surface area contributed by atoms with Crippen molar-refractivity contribution in [3.8, 4) is 34.2 Å². The van der Waals surface area contributed by atoms with Crippen molar-refractivity contribution < 1.29 is 98.9 Å². The number of amides is 3. The normalized spacial score (nSPS) is 15.2. The minimum Gasteiger partial charge on any atom is -0.383 e. The first kappa shape index (κ1) is 63.6. The van der Waals surface area contributed by atoms with Gasteiger partial charge in [-0.2, -0.15) is 67.6 Å². The first-order valence-electron chi connectivity index (χ1n) is 24.4. The van der Waals surface area contributed by atoms with Gasteiger partial charge in [0.15, 0.2) is 0 Å². The summed E-state index contributed by atoms with van der Waals surface area (Å²) in [4.78, 5) is 50.1. The molecule has 1 unspecified atom stereocenters. The van der Waals surface area contributed by atoms with Crippen LogP contribution >= 0.6 is 0 Å². The number of carbonyl (C=O) groups excluding carboxylic acids is 3. The number of benzene rings is 3. The van der Waals surface area contributed by atoms with E-state index < -0.39 is 103 Å². The molecule has 0 saturated heterocycles. The Labute approximate surface area is 456 Å². The van der Waals surface area contributed by atoms with E-state index in [0.29, 0.717) is 71.9 Å². The summed E-state index contributed by atoms with van der Waals surface area (Å²) in [5, 5.41) is 10.5. The number of halogens is 14. The number of rotatable bonds is 21. The predicted octanol–water partition coefficient (Wildman–Crippen LogP) is 11.2. The van der Waals surface area contributed by atoms with Crippen LogP contribution in [0.4, 0.5) is 61.5 Å². The van der Waals surface area contributed by atoms with Gasteiger partial charge in [-0.1, -0.05) is 88.3 Å². The first-order chi connectivity index (χ1) is 38.1. The molecule has 31 heteroatoms. The van der Waals surface area contributed by atoms with Gasteiger partial charge in [-0.3, -0.25) is 14.4 Å². The Hall–Kier alpha value is -7.57. The van der Waals surface area contributed by atoms with E-state index in [2.05, 4.69) is 48.7 Å². The van der Waals surface area contributed by atoms with Crippen molar-refractivity contribution in [2.75, 3.05) is 40.5 Å². The molecule has 2 saturated carbocycles. The minimum absolute atomic E-state index is 0.00742. The molecular weight excluding hydrogens is 1130 g/mol. The van der Waals surface area contributed by atoms with Gasteiger partial charge in [0.1, 0.15) is 25.5 Å². The van der Waals surface area contributed by atoms with Gasteiger partial charge < -0.3 is 37.7 Å². The maximum Gasteiger partial charge on any atom is 0.406 e. The summed E-state index contributed by atoms with van der Waals surface area (Å²) < 4.78 is 204. The van der Waals surface area contributed by atoms with Gasteiger partial charge >= 0.3 is 30.1 Å². The van der Waals surface area contributed by atoms with Gasteiger partial charge in [-0.05, 0) is 29.5 Å². The number of ether oxygens (including phenoxy) is 2. The summed E-state index contributed by atoms with van der Waals surface area (Å²) >= 11 is 0. The Morgan fingerprint density at radius 3 is 1.24 bits per heavy atom. The number of alkyl halides is 14. The highest BCUT2D eigenvalue weighted by atomic mass is 19.4. The van der Waals surface area contributed by atoms with Crippen LogP contribution in [-0.2, 0) is 61.3 Å². The molecular formula is C51H51F14N9O8. The van der Waals surface area contributed by atoms with Crippen molar-refractivity contribution in [2.45, 2.75) is 108 Å². The highest BCUT2D eigenvalue weighted by Crippen LogP contribution is 2.49. The summed E-state index contributed by atoms with van der Waals surface area (Å²) in [5.41, 5.74) is 2.90. The van der Waals surface area contributed by atoms with E-state index >= 15 is 0 Å². The Balaban J connectivity index is 0.000000198. The molecule has 0 bridgehead atoms. The third kappa shape index (κ3) is 18.7. The summed E-state index contributed by atoms with van der Waals surface area (Å²) in [6.45, 7) is 0.278. The molecule has 0 spiro atoms. The first-order valence-corrected chi connectivity index (χ1v) is 24.4. The van der Waals surface area contributed by atoms with Crippen molar-refractivity contribution in [1.29, 1.82) is 0 Å². The average molecular weight is 1180 g/mol. The van der Waals surface area contributed by atoms with Crippen LogP contribution in [0.15, 0.2) is 86.4 Å². The molecule has 0 N–H and O–H groups in total. The molecule has 446 valence electrons. The van der Waals surface area contributed by atoms with Crippen LogP contribution in [-0.4, -0.2) is 128 Å². The van der Waals surface area contributed by atoms with E-state index in [1.54, 1.807) is 36.4 Å². The van der Waals surface area contributed by atoms with Gasteiger partial charge in [-0.15, -0.1) is 0 Å². The summed E-state index contributed by atoms with van der Waals surface area (Å²) in [5.74, 6) is -18.9. The van der Waals surface area contributed by atoms with Gasteiger partial charge in [0.05, 0.1) is 6.61 Å². The molecule has 6 aromatic rings. The topological polar surface area (TPSA) is 196 Å². The molecule has 82 heavy (non-hydrogen) atoms. The summed E-state index contributed by atoms with van der Waals surface area (Å²) in [6, 6.07) is 18.3. The number of carbonyl (C=O) groups is 3. The molecule has 2 aliphatic rings. The van der Waals surface area contributed by atoms with Crippen LogP contribution in [0.5, 0.6) is 0 Å². The quantitative estimate of drug-likeness (QED) is 0.0617. The Kier molecular flexibility index (Phi) is 19.9. The lowest BCUT2D eigenvalue weighted by Gasteiger charge is -2.23. The van der Waals surface area contributed by atoms with Crippen molar-refractivity contribution in [3.05, 3.63) is 107 Å². The number of aromatic nitrogens is 6. The van der Waals surface area contributed by atoms with Crippen molar-refractivity contribution in [3.63, 3.8) is 0 Å². The van der Waals surface area contributed by atoms with E-state index in [1.165, 1.54) is 60.4 Å². The zero-order valence-corrected chi connectivity index (χ0v) is 43.9. The highest BCUT2D eigenvalue weighted by molar-refractivity contribution is 5.83. The monoisotopic (exact) mass is 1180 g/mol. The van der Waals surface area contributed by atoms with Crippen molar-refractivity contribution in [1.82, 2.24) is 45.1 Å². The zero-order valence-electron chi connectivity index (χ0n) is 43.9. The van der Waals surface area contributed by atoms with Crippen LogP contribution < -0.4 is 0 Å². The molecule has 2 aliphatic carbocycles.